The Morgan fingerprint density at radius 1 is 0.949 bits per heavy atom. The van der Waals surface area contributed by atoms with Gasteiger partial charge in [0.25, 0.3) is 10.0 Å². The van der Waals surface area contributed by atoms with Crippen LogP contribution in [0.5, 0.6) is 5.75 Å². The predicted molar refractivity (Wildman–Crippen MR) is 153 cm³/mol. The van der Waals surface area contributed by atoms with Crippen molar-refractivity contribution in [3.8, 4) is 5.75 Å². The van der Waals surface area contributed by atoms with Crippen molar-refractivity contribution in [1.82, 2.24) is 10.2 Å². The van der Waals surface area contributed by atoms with E-state index in [1.807, 2.05) is 44.2 Å². The minimum absolute atomic E-state index is 0.0289. The number of methoxy groups -OCH3 is 1. The van der Waals surface area contributed by atoms with E-state index in [0.29, 0.717) is 24.4 Å². The first kappa shape index (κ1) is 29.7. The van der Waals surface area contributed by atoms with Crippen LogP contribution in [0, 0.1) is 6.92 Å². The number of amides is 2. The molecule has 0 radical (unpaired) electrons. The number of nitrogens with zero attached hydrogens (tertiary/aromatic N) is 2. The van der Waals surface area contributed by atoms with Gasteiger partial charge in [0.2, 0.25) is 11.8 Å². The zero-order valence-electron chi connectivity index (χ0n) is 23.0. The van der Waals surface area contributed by atoms with Crippen molar-refractivity contribution in [3.63, 3.8) is 0 Å². The third-order valence-electron chi connectivity index (χ3n) is 6.45. The SMILES string of the molecule is CCCNC(=O)[C@H](C)N(CCc1ccccc1)C(=O)CN(c1ccc(C)cc1)S(=O)(=O)c1ccc(OC)cc1. The third-order valence-corrected chi connectivity index (χ3v) is 8.24. The highest BCUT2D eigenvalue weighted by Gasteiger charge is 2.32. The van der Waals surface area contributed by atoms with Crippen LogP contribution in [-0.4, -0.2) is 57.9 Å². The maximum Gasteiger partial charge on any atom is 0.264 e. The lowest BCUT2D eigenvalue weighted by Gasteiger charge is -2.32. The second-order valence-electron chi connectivity index (χ2n) is 9.31. The number of carbonyl (C=O) groups excluding carboxylic acids is 2. The largest absolute Gasteiger partial charge is 0.497 e. The lowest BCUT2D eigenvalue weighted by Crippen LogP contribution is -2.52. The highest BCUT2D eigenvalue weighted by Crippen LogP contribution is 2.26. The molecule has 3 aromatic rings. The summed E-state index contributed by atoms with van der Waals surface area (Å²) >= 11 is 0. The standard InChI is InChI=1S/C30H37N3O5S/c1-5-20-31-30(35)24(3)32(21-19-25-9-7-6-8-10-25)29(34)22-33(26-13-11-23(2)12-14-26)39(36,37)28-17-15-27(38-4)16-18-28/h6-18,24H,5,19-22H2,1-4H3,(H,31,35)/t24-/m0/s1. The van der Waals surface area contributed by atoms with Gasteiger partial charge in [-0.1, -0.05) is 55.0 Å². The van der Waals surface area contributed by atoms with Crippen LogP contribution in [0.25, 0.3) is 0 Å². The molecule has 0 aromatic heterocycles. The van der Waals surface area contributed by atoms with E-state index >= 15 is 0 Å². The van der Waals surface area contributed by atoms with Gasteiger partial charge in [-0.05, 0) is 68.7 Å². The predicted octanol–water partition coefficient (Wildman–Crippen LogP) is 4.18. The number of ether oxygens (including phenoxy) is 1. The highest BCUT2D eigenvalue weighted by molar-refractivity contribution is 7.92. The summed E-state index contributed by atoms with van der Waals surface area (Å²) in [5.74, 6) is -0.230. The van der Waals surface area contributed by atoms with Crippen molar-refractivity contribution >= 4 is 27.5 Å². The number of rotatable bonds is 13. The topological polar surface area (TPSA) is 96.0 Å². The first-order valence-electron chi connectivity index (χ1n) is 13.0. The molecular formula is C30H37N3O5S. The third kappa shape index (κ3) is 7.83. The monoisotopic (exact) mass is 551 g/mol. The summed E-state index contributed by atoms with van der Waals surface area (Å²) in [6.45, 7) is 5.81. The first-order valence-corrected chi connectivity index (χ1v) is 14.5. The Balaban J connectivity index is 1.96. The number of anilines is 1. The zero-order chi connectivity index (χ0) is 28.4. The van der Waals surface area contributed by atoms with E-state index in [1.54, 1.807) is 43.3 Å². The molecule has 39 heavy (non-hydrogen) atoms. The second kappa shape index (κ2) is 13.8. The minimum Gasteiger partial charge on any atom is -0.497 e. The molecule has 1 atom stereocenters. The van der Waals surface area contributed by atoms with Crippen molar-refractivity contribution in [2.24, 2.45) is 0 Å². The van der Waals surface area contributed by atoms with Crippen LogP contribution in [-0.2, 0) is 26.0 Å². The number of sulfonamides is 1. The molecule has 0 unspecified atom stereocenters. The van der Waals surface area contributed by atoms with Gasteiger partial charge >= 0.3 is 0 Å². The van der Waals surface area contributed by atoms with Crippen LogP contribution >= 0.6 is 0 Å². The Kier molecular flexibility index (Phi) is 10.5. The number of nitrogens with one attached hydrogen (secondary N) is 1. The van der Waals surface area contributed by atoms with E-state index in [0.717, 1.165) is 21.9 Å². The fraction of sp³-hybridized carbons (Fsp3) is 0.333. The van der Waals surface area contributed by atoms with E-state index in [2.05, 4.69) is 5.32 Å². The fourth-order valence-corrected chi connectivity index (χ4v) is 5.49. The quantitative estimate of drug-likeness (QED) is 0.344. The molecule has 0 aliphatic rings. The summed E-state index contributed by atoms with van der Waals surface area (Å²) in [4.78, 5) is 28.2. The fourth-order valence-electron chi connectivity index (χ4n) is 4.08. The van der Waals surface area contributed by atoms with Gasteiger partial charge in [0, 0.05) is 13.1 Å². The lowest BCUT2D eigenvalue weighted by atomic mass is 10.1. The van der Waals surface area contributed by atoms with Gasteiger partial charge in [-0.2, -0.15) is 0 Å². The van der Waals surface area contributed by atoms with Crippen molar-refractivity contribution in [3.05, 3.63) is 90.0 Å². The molecule has 208 valence electrons. The van der Waals surface area contributed by atoms with E-state index in [1.165, 1.54) is 24.1 Å². The molecule has 0 spiro atoms. The Labute approximate surface area is 231 Å². The summed E-state index contributed by atoms with van der Waals surface area (Å²) in [5.41, 5.74) is 2.33. The number of carbonyl (C=O) groups is 2. The average Bonchev–Trinajstić information content (AvgIpc) is 2.95. The molecule has 1 N–H and O–H groups in total. The maximum atomic E-state index is 13.8. The first-order chi connectivity index (χ1) is 18.7. The molecule has 3 rings (SSSR count). The van der Waals surface area contributed by atoms with Crippen LogP contribution < -0.4 is 14.4 Å². The van der Waals surface area contributed by atoms with Crippen LogP contribution in [0.15, 0.2) is 83.8 Å². The van der Waals surface area contributed by atoms with Gasteiger partial charge in [0.05, 0.1) is 17.7 Å². The maximum absolute atomic E-state index is 13.8. The molecular weight excluding hydrogens is 514 g/mol. The molecule has 0 aliphatic carbocycles. The van der Waals surface area contributed by atoms with Crippen LogP contribution in [0.4, 0.5) is 5.69 Å². The van der Waals surface area contributed by atoms with E-state index in [9.17, 15) is 18.0 Å². The molecule has 0 heterocycles. The second-order valence-corrected chi connectivity index (χ2v) is 11.2. The zero-order valence-corrected chi connectivity index (χ0v) is 23.8. The summed E-state index contributed by atoms with van der Waals surface area (Å²) < 4.78 is 33.9. The highest BCUT2D eigenvalue weighted by atomic mass is 32.2. The molecule has 9 heteroatoms. The van der Waals surface area contributed by atoms with Gasteiger partial charge in [-0.15, -0.1) is 0 Å². The van der Waals surface area contributed by atoms with Gasteiger partial charge < -0.3 is 15.0 Å². The Hall–Kier alpha value is -3.85. The minimum atomic E-state index is -4.12. The van der Waals surface area contributed by atoms with Gasteiger partial charge in [-0.3, -0.25) is 13.9 Å². The molecule has 0 saturated heterocycles. The van der Waals surface area contributed by atoms with Crippen LogP contribution in [0.3, 0.4) is 0 Å². The molecule has 0 bridgehead atoms. The normalized spacial score (nSPS) is 11.9. The molecule has 2 amide bonds. The summed E-state index contributed by atoms with van der Waals surface area (Å²) in [5, 5.41) is 2.85. The van der Waals surface area contributed by atoms with Gasteiger partial charge in [0.1, 0.15) is 18.3 Å². The van der Waals surface area contributed by atoms with Crippen molar-refractivity contribution in [2.45, 2.75) is 44.6 Å². The number of benzene rings is 3. The lowest BCUT2D eigenvalue weighted by molar-refractivity contribution is -0.138. The molecule has 0 aliphatic heterocycles. The van der Waals surface area contributed by atoms with Crippen molar-refractivity contribution < 1.29 is 22.7 Å². The van der Waals surface area contributed by atoms with Gasteiger partial charge in [-0.25, -0.2) is 8.42 Å². The van der Waals surface area contributed by atoms with Crippen LogP contribution in [0.2, 0.25) is 0 Å². The van der Waals surface area contributed by atoms with E-state index in [-0.39, 0.29) is 17.3 Å². The van der Waals surface area contributed by atoms with Crippen molar-refractivity contribution in [1.29, 1.82) is 0 Å². The molecule has 3 aromatic carbocycles. The number of aryl methyl sites for hydroxylation is 1. The summed E-state index contributed by atoms with van der Waals surface area (Å²) in [6.07, 6.45) is 1.28. The molecule has 0 saturated carbocycles. The Morgan fingerprint density at radius 3 is 2.18 bits per heavy atom. The summed E-state index contributed by atoms with van der Waals surface area (Å²) in [6, 6.07) is 21.9. The Bertz CT molecular complexity index is 1330. The van der Waals surface area contributed by atoms with E-state index < -0.39 is 28.5 Å². The van der Waals surface area contributed by atoms with Gasteiger partial charge in [0.15, 0.2) is 0 Å². The summed E-state index contributed by atoms with van der Waals surface area (Å²) in [7, 11) is -2.62. The smallest absolute Gasteiger partial charge is 0.264 e. The number of hydrogen-bond acceptors (Lipinski definition) is 5. The van der Waals surface area contributed by atoms with Crippen LogP contribution in [0.1, 0.15) is 31.4 Å². The van der Waals surface area contributed by atoms with Crippen molar-refractivity contribution in [2.75, 3.05) is 31.0 Å². The van der Waals surface area contributed by atoms with E-state index in [4.69, 9.17) is 4.74 Å². The molecule has 0 fully saturated rings. The average molecular weight is 552 g/mol. The molecule has 8 nitrogen and oxygen atoms in total. The number of hydrogen-bond donors (Lipinski definition) is 1. The Morgan fingerprint density at radius 2 is 1.59 bits per heavy atom.